The predicted octanol–water partition coefficient (Wildman–Crippen LogP) is 6.90. The first-order chi connectivity index (χ1) is 17.7. The molecule has 2 atom stereocenters. The highest BCUT2D eigenvalue weighted by molar-refractivity contribution is 7.92. The van der Waals surface area contributed by atoms with Gasteiger partial charge in [0, 0.05) is 5.56 Å². The van der Waals surface area contributed by atoms with Crippen LogP contribution in [0.4, 0.5) is 23.2 Å². The molecule has 200 valence electrons. The van der Waals surface area contributed by atoms with Gasteiger partial charge in [-0.3, -0.25) is 9.10 Å². The van der Waals surface area contributed by atoms with E-state index in [0.29, 0.717) is 22.8 Å². The van der Waals surface area contributed by atoms with Gasteiger partial charge in [-0.1, -0.05) is 35.9 Å². The second-order valence-corrected chi connectivity index (χ2v) is 11.3. The maximum Gasteiger partial charge on any atom is 0.416 e. The van der Waals surface area contributed by atoms with Crippen LogP contribution in [0.3, 0.4) is 0 Å². The molecule has 1 aliphatic rings. The zero-order valence-corrected chi connectivity index (χ0v) is 21.7. The van der Waals surface area contributed by atoms with Crippen LogP contribution in [0.2, 0.25) is 5.02 Å². The van der Waals surface area contributed by atoms with Crippen LogP contribution in [0, 0.1) is 11.7 Å². The van der Waals surface area contributed by atoms with E-state index in [1.54, 1.807) is 31.2 Å². The Bertz CT molecular complexity index is 1530. The lowest BCUT2D eigenvalue weighted by molar-refractivity contribution is -0.142. The monoisotopic (exact) mass is 567 g/mol. The fourth-order valence-electron chi connectivity index (χ4n) is 4.65. The molecule has 0 fully saturated rings. The van der Waals surface area contributed by atoms with Gasteiger partial charge in [0.25, 0.3) is 10.0 Å². The highest BCUT2D eigenvalue weighted by atomic mass is 35.5. The van der Waals surface area contributed by atoms with E-state index in [9.17, 15) is 35.9 Å². The number of nitrogens with zero attached hydrogens (tertiary/aromatic N) is 1. The van der Waals surface area contributed by atoms with Crippen molar-refractivity contribution in [2.45, 2.75) is 37.4 Å². The quantitative estimate of drug-likeness (QED) is 0.269. The van der Waals surface area contributed by atoms with Crippen LogP contribution < -0.4 is 4.31 Å². The summed E-state index contributed by atoms with van der Waals surface area (Å²) in [6.45, 7) is 3.06. The number of alkyl halides is 3. The van der Waals surface area contributed by atoms with Gasteiger partial charge in [0.05, 0.1) is 33.1 Å². The lowest BCUT2D eigenvalue weighted by Gasteiger charge is -2.39. The molecule has 0 unspecified atom stereocenters. The molecule has 0 bridgehead atoms. The van der Waals surface area contributed by atoms with E-state index in [1.165, 1.54) is 25.1 Å². The Morgan fingerprint density at radius 3 is 2.42 bits per heavy atom. The van der Waals surface area contributed by atoms with Crippen molar-refractivity contribution in [3.8, 4) is 0 Å². The number of aliphatic carboxylic acids is 1. The van der Waals surface area contributed by atoms with E-state index in [4.69, 9.17) is 11.6 Å². The number of carbonyl (C=O) groups is 1. The molecule has 1 N–H and O–H groups in total. The van der Waals surface area contributed by atoms with Gasteiger partial charge < -0.3 is 5.11 Å². The summed E-state index contributed by atoms with van der Waals surface area (Å²) in [5, 5.41) is 10.0. The van der Waals surface area contributed by atoms with E-state index in [1.807, 2.05) is 0 Å². The molecule has 0 saturated heterocycles. The van der Waals surface area contributed by atoms with E-state index in [0.717, 1.165) is 22.5 Å². The molecule has 4 rings (SSSR count). The fourth-order valence-corrected chi connectivity index (χ4v) is 6.74. The first-order valence-electron chi connectivity index (χ1n) is 11.4. The Labute approximate surface area is 222 Å². The number of benzene rings is 3. The molecule has 38 heavy (non-hydrogen) atoms. The zero-order valence-electron chi connectivity index (χ0n) is 20.1. The Morgan fingerprint density at radius 2 is 1.79 bits per heavy atom. The number of hydrogen-bond donors (Lipinski definition) is 1. The molecule has 0 aromatic heterocycles. The van der Waals surface area contributed by atoms with Gasteiger partial charge in [-0.05, 0) is 79.4 Å². The largest absolute Gasteiger partial charge is 0.481 e. The highest BCUT2D eigenvalue weighted by Crippen LogP contribution is 2.40. The molecular weight excluding hydrogens is 546 g/mol. The summed E-state index contributed by atoms with van der Waals surface area (Å²) in [6.07, 6.45) is -3.15. The number of sulfonamides is 1. The highest BCUT2D eigenvalue weighted by Gasteiger charge is 2.42. The number of carboxylic acid groups (broad SMARTS) is 1. The number of halogens is 5. The first kappa shape index (κ1) is 27.7. The molecule has 1 heterocycles. The van der Waals surface area contributed by atoms with Crippen LogP contribution in [0.15, 0.2) is 65.6 Å². The predicted molar refractivity (Wildman–Crippen MR) is 137 cm³/mol. The maximum atomic E-state index is 14.4. The van der Waals surface area contributed by atoms with Crippen molar-refractivity contribution in [2.75, 3.05) is 4.31 Å². The minimum Gasteiger partial charge on any atom is -0.481 e. The average molecular weight is 568 g/mol. The minimum absolute atomic E-state index is 0.0123. The van der Waals surface area contributed by atoms with Gasteiger partial charge in [-0.25, -0.2) is 12.8 Å². The van der Waals surface area contributed by atoms with Crippen LogP contribution in [-0.4, -0.2) is 25.5 Å². The van der Waals surface area contributed by atoms with Crippen molar-refractivity contribution in [1.29, 1.82) is 0 Å². The fraction of sp³-hybridized carbons (Fsp3) is 0.222. The number of hydrogen-bond acceptors (Lipinski definition) is 3. The molecule has 3 aromatic carbocycles. The summed E-state index contributed by atoms with van der Waals surface area (Å²) in [6, 6.07) is 11.1. The van der Waals surface area contributed by atoms with Crippen molar-refractivity contribution in [2.24, 2.45) is 5.92 Å². The van der Waals surface area contributed by atoms with Crippen molar-refractivity contribution in [3.05, 3.63) is 93.8 Å². The van der Waals surface area contributed by atoms with Crippen molar-refractivity contribution in [3.63, 3.8) is 0 Å². The van der Waals surface area contributed by atoms with Crippen molar-refractivity contribution >= 4 is 44.9 Å². The molecular formula is C27H22ClF4NO4S. The number of fused-ring (bicyclic) bond motifs is 1. The summed E-state index contributed by atoms with van der Waals surface area (Å²) in [5.41, 5.74) is 0.605. The summed E-state index contributed by atoms with van der Waals surface area (Å²) in [7, 11) is -4.58. The minimum atomic E-state index is -4.76. The zero-order chi connectivity index (χ0) is 28.0. The molecule has 0 spiro atoms. The molecule has 0 saturated carbocycles. The average Bonchev–Trinajstić information content (AvgIpc) is 2.83. The second kappa shape index (κ2) is 10.1. The lowest BCUT2D eigenvalue weighted by Crippen LogP contribution is -2.49. The smallest absolute Gasteiger partial charge is 0.416 e. The third-order valence-corrected chi connectivity index (χ3v) is 8.72. The molecule has 11 heteroatoms. The third-order valence-electron chi connectivity index (χ3n) is 6.51. The van der Waals surface area contributed by atoms with E-state index < -0.39 is 50.4 Å². The van der Waals surface area contributed by atoms with Gasteiger partial charge in [0.1, 0.15) is 5.82 Å². The first-order valence-corrected chi connectivity index (χ1v) is 13.2. The summed E-state index contributed by atoms with van der Waals surface area (Å²) in [4.78, 5) is 11.4. The number of allylic oxidation sites excluding steroid dienone is 1. The topological polar surface area (TPSA) is 74.7 Å². The van der Waals surface area contributed by atoms with Crippen LogP contribution in [-0.2, 0) is 27.4 Å². The van der Waals surface area contributed by atoms with E-state index in [-0.39, 0.29) is 22.7 Å². The SMILES string of the molecule is CC(=Cc1ccc2c(c1)C[C@@H](C(=O)O)[C@@H](C)N2S(=O)(=O)c1cccc(C(F)(F)F)c1)c1c(F)cccc1Cl. The Balaban J connectivity index is 1.83. The molecule has 0 aliphatic carbocycles. The summed E-state index contributed by atoms with van der Waals surface area (Å²) in [5.74, 6) is -2.94. The van der Waals surface area contributed by atoms with Gasteiger partial charge >= 0.3 is 12.1 Å². The maximum absolute atomic E-state index is 14.4. The van der Waals surface area contributed by atoms with Crippen LogP contribution in [0.5, 0.6) is 0 Å². The standard InChI is InChI=1S/C27H22ClF4NO4S/c1-15(25-22(28)7-4-8-23(25)29)11-17-9-10-24-18(12-17)13-21(26(34)35)16(2)33(24)38(36,37)20-6-3-5-19(14-20)27(30,31)32/h3-12,14,16,21H,13H2,1-2H3,(H,34,35)/t16-,21-/m1/s1. The Morgan fingerprint density at radius 1 is 1.11 bits per heavy atom. The molecule has 0 radical (unpaired) electrons. The Kier molecular flexibility index (Phi) is 7.33. The van der Waals surface area contributed by atoms with E-state index in [2.05, 4.69) is 0 Å². The van der Waals surface area contributed by atoms with Crippen LogP contribution in [0.1, 0.15) is 36.1 Å². The normalized spacial score (nSPS) is 18.3. The molecule has 1 aliphatic heterocycles. The number of carboxylic acids is 1. The number of rotatable bonds is 5. The molecule has 5 nitrogen and oxygen atoms in total. The molecule has 0 amide bonds. The van der Waals surface area contributed by atoms with Crippen molar-refractivity contribution in [1.82, 2.24) is 0 Å². The summed E-state index contributed by atoms with van der Waals surface area (Å²) >= 11 is 6.15. The Hall–Kier alpha value is -3.37. The summed E-state index contributed by atoms with van der Waals surface area (Å²) < 4.78 is 82.3. The van der Waals surface area contributed by atoms with Crippen LogP contribution in [0.25, 0.3) is 11.6 Å². The number of anilines is 1. The lowest BCUT2D eigenvalue weighted by atomic mass is 9.87. The van der Waals surface area contributed by atoms with E-state index >= 15 is 0 Å². The second-order valence-electron chi connectivity index (χ2n) is 9.03. The van der Waals surface area contributed by atoms with Gasteiger partial charge in [0.2, 0.25) is 0 Å². The molecule has 3 aromatic rings. The van der Waals surface area contributed by atoms with Gasteiger partial charge in [-0.15, -0.1) is 0 Å². The van der Waals surface area contributed by atoms with Crippen LogP contribution >= 0.6 is 11.6 Å². The van der Waals surface area contributed by atoms with Gasteiger partial charge in [-0.2, -0.15) is 13.2 Å². The van der Waals surface area contributed by atoms with Gasteiger partial charge in [0.15, 0.2) is 0 Å². The third kappa shape index (κ3) is 5.15. The van der Waals surface area contributed by atoms with Crippen molar-refractivity contribution < 1.29 is 35.9 Å².